The Hall–Kier alpha value is -2.02. The highest BCUT2D eigenvalue weighted by atomic mass is 16.3. The van der Waals surface area contributed by atoms with Crippen LogP contribution in [-0.4, -0.2) is 46.3 Å². The average molecular weight is 248 g/mol. The number of aromatic nitrogens is 3. The van der Waals surface area contributed by atoms with Gasteiger partial charge in [-0.3, -0.25) is 9.88 Å². The van der Waals surface area contributed by atoms with E-state index in [1.807, 2.05) is 12.1 Å². The molecule has 2 aromatic heterocycles. The van der Waals surface area contributed by atoms with Gasteiger partial charge in [0, 0.05) is 26.2 Å². The fourth-order valence-electron chi connectivity index (χ4n) is 2.15. The lowest BCUT2D eigenvalue weighted by Gasteiger charge is -2.33. The molecule has 0 atom stereocenters. The van der Waals surface area contributed by atoms with Crippen LogP contribution in [0.15, 0.2) is 22.8 Å². The van der Waals surface area contributed by atoms with Gasteiger partial charge in [0.2, 0.25) is 11.9 Å². The summed E-state index contributed by atoms with van der Waals surface area (Å²) in [6, 6.07) is 3.92. The lowest BCUT2D eigenvalue weighted by molar-refractivity contribution is 0.229. The number of hydrogen-bond acceptors (Lipinski definition) is 6. The summed E-state index contributed by atoms with van der Waals surface area (Å²) < 4.78 is 5.35. The third-order valence-electron chi connectivity index (χ3n) is 3.12. The van der Waals surface area contributed by atoms with Gasteiger partial charge in [-0.25, -0.2) is 0 Å². The number of rotatable bonds is 3. The fraction of sp³-hybridized carbons (Fsp3) is 0.455. The van der Waals surface area contributed by atoms with Gasteiger partial charge in [0.1, 0.15) is 5.76 Å². The number of piperazine rings is 1. The Morgan fingerprint density at radius 2 is 2.11 bits per heavy atom. The highest BCUT2D eigenvalue weighted by molar-refractivity contribution is 5.34. The summed E-state index contributed by atoms with van der Waals surface area (Å²) in [5.74, 6) is 2.13. The lowest BCUT2D eigenvalue weighted by Crippen LogP contribution is -2.46. The van der Waals surface area contributed by atoms with Crippen LogP contribution < -0.4 is 10.6 Å². The maximum Gasteiger partial charge on any atom is 0.226 e. The summed E-state index contributed by atoms with van der Waals surface area (Å²) in [5, 5.41) is 7.77. The van der Waals surface area contributed by atoms with E-state index in [-0.39, 0.29) is 0 Å². The molecule has 1 saturated heterocycles. The van der Waals surface area contributed by atoms with Crippen molar-refractivity contribution in [1.82, 2.24) is 20.1 Å². The summed E-state index contributed by atoms with van der Waals surface area (Å²) in [6.45, 7) is 4.63. The van der Waals surface area contributed by atoms with E-state index in [4.69, 9.17) is 10.2 Å². The van der Waals surface area contributed by atoms with E-state index in [0.29, 0.717) is 5.95 Å². The second-order valence-corrected chi connectivity index (χ2v) is 4.38. The van der Waals surface area contributed by atoms with Crippen LogP contribution in [0.3, 0.4) is 0 Å². The summed E-state index contributed by atoms with van der Waals surface area (Å²) in [6.07, 6.45) is 1.71. The van der Waals surface area contributed by atoms with Crippen LogP contribution in [0.1, 0.15) is 5.76 Å². The molecule has 0 saturated carbocycles. The number of nitrogen functional groups attached to an aromatic ring is 1. The van der Waals surface area contributed by atoms with E-state index in [1.54, 1.807) is 6.26 Å². The van der Waals surface area contributed by atoms with Crippen LogP contribution in [-0.2, 0) is 6.54 Å². The zero-order valence-electron chi connectivity index (χ0n) is 10.0. The normalized spacial score (nSPS) is 17.2. The number of nitrogens with two attached hydrogens (primary N) is 1. The first-order valence-corrected chi connectivity index (χ1v) is 5.99. The van der Waals surface area contributed by atoms with E-state index < -0.39 is 0 Å². The van der Waals surface area contributed by atoms with Gasteiger partial charge in [-0.15, -0.1) is 10.2 Å². The first kappa shape index (κ1) is 11.1. The number of nitrogens with zero attached hydrogens (tertiary/aromatic N) is 4. The molecule has 0 spiro atoms. The highest BCUT2D eigenvalue weighted by Crippen LogP contribution is 2.13. The Morgan fingerprint density at radius 3 is 2.72 bits per heavy atom. The predicted octanol–water partition coefficient (Wildman–Crippen LogP) is 0.302. The Morgan fingerprint density at radius 1 is 1.28 bits per heavy atom. The molecule has 0 unspecified atom stereocenters. The molecule has 1 aliphatic heterocycles. The molecule has 0 amide bonds. The minimum atomic E-state index is 0.364. The molecule has 18 heavy (non-hydrogen) atoms. The molecule has 0 radical (unpaired) electrons. The van der Waals surface area contributed by atoms with Crippen LogP contribution in [0.5, 0.6) is 0 Å². The number of aromatic amines is 1. The van der Waals surface area contributed by atoms with E-state index in [0.717, 1.165) is 44.4 Å². The van der Waals surface area contributed by atoms with Crippen molar-refractivity contribution in [2.45, 2.75) is 6.54 Å². The topological polar surface area (TPSA) is 87.2 Å². The third kappa shape index (κ3) is 2.30. The van der Waals surface area contributed by atoms with Crippen molar-refractivity contribution in [1.29, 1.82) is 0 Å². The second kappa shape index (κ2) is 4.69. The quantitative estimate of drug-likeness (QED) is 0.812. The van der Waals surface area contributed by atoms with Crippen LogP contribution in [0.4, 0.5) is 11.9 Å². The number of hydrogen-bond donors (Lipinski definition) is 2. The zero-order valence-corrected chi connectivity index (χ0v) is 10.0. The molecule has 1 fully saturated rings. The van der Waals surface area contributed by atoms with Crippen molar-refractivity contribution in [3.05, 3.63) is 24.2 Å². The first-order valence-electron chi connectivity index (χ1n) is 5.99. The third-order valence-corrected chi connectivity index (χ3v) is 3.12. The van der Waals surface area contributed by atoms with Gasteiger partial charge in [0.25, 0.3) is 0 Å². The summed E-state index contributed by atoms with van der Waals surface area (Å²) in [7, 11) is 0. The van der Waals surface area contributed by atoms with E-state index >= 15 is 0 Å². The number of H-pyrrole nitrogens is 1. The maximum atomic E-state index is 5.52. The minimum Gasteiger partial charge on any atom is -0.468 e. The standard InChI is InChI=1S/C11H16N6O/c12-10-13-11(15-14-10)17-5-3-16(4-6-17)8-9-2-1-7-18-9/h1-2,7H,3-6,8H2,(H3,12,13,14,15). The van der Waals surface area contributed by atoms with Crippen LogP contribution in [0, 0.1) is 0 Å². The predicted molar refractivity (Wildman–Crippen MR) is 67.0 cm³/mol. The van der Waals surface area contributed by atoms with Gasteiger partial charge in [0.15, 0.2) is 0 Å². The molecule has 3 rings (SSSR count). The summed E-state index contributed by atoms with van der Waals surface area (Å²) >= 11 is 0. The molecule has 7 heteroatoms. The fourth-order valence-corrected chi connectivity index (χ4v) is 2.15. The largest absolute Gasteiger partial charge is 0.468 e. The SMILES string of the molecule is Nc1nnc(N2CCN(Cc3ccco3)CC2)[nH]1. The lowest BCUT2D eigenvalue weighted by atomic mass is 10.3. The van der Waals surface area contributed by atoms with E-state index in [2.05, 4.69) is 25.0 Å². The van der Waals surface area contributed by atoms with Gasteiger partial charge in [-0.2, -0.15) is 0 Å². The van der Waals surface area contributed by atoms with Gasteiger partial charge < -0.3 is 15.1 Å². The maximum absolute atomic E-state index is 5.52. The molecule has 96 valence electrons. The van der Waals surface area contributed by atoms with Gasteiger partial charge in [0.05, 0.1) is 12.8 Å². The zero-order chi connectivity index (χ0) is 12.4. The monoisotopic (exact) mass is 248 g/mol. The Balaban J connectivity index is 1.55. The molecule has 3 N–H and O–H groups in total. The summed E-state index contributed by atoms with van der Waals surface area (Å²) in [4.78, 5) is 7.46. The first-order chi connectivity index (χ1) is 8.81. The average Bonchev–Trinajstić information content (AvgIpc) is 3.02. The molecule has 3 heterocycles. The molecule has 0 aliphatic carbocycles. The van der Waals surface area contributed by atoms with Crippen LogP contribution >= 0.6 is 0 Å². The van der Waals surface area contributed by atoms with Crippen molar-refractivity contribution >= 4 is 11.9 Å². The molecule has 0 bridgehead atoms. The smallest absolute Gasteiger partial charge is 0.226 e. The van der Waals surface area contributed by atoms with E-state index in [9.17, 15) is 0 Å². The molecule has 0 aromatic carbocycles. The highest BCUT2D eigenvalue weighted by Gasteiger charge is 2.19. The van der Waals surface area contributed by atoms with E-state index in [1.165, 1.54) is 0 Å². The van der Waals surface area contributed by atoms with Crippen molar-refractivity contribution in [3.63, 3.8) is 0 Å². The number of nitrogens with one attached hydrogen (secondary N) is 1. The molecule has 2 aromatic rings. The second-order valence-electron chi connectivity index (χ2n) is 4.38. The molecule has 1 aliphatic rings. The molecular weight excluding hydrogens is 232 g/mol. The minimum absolute atomic E-state index is 0.364. The summed E-state index contributed by atoms with van der Waals surface area (Å²) in [5.41, 5.74) is 5.52. The van der Waals surface area contributed by atoms with Crippen molar-refractivity contribution in [2.24, 2.45) is 0 Å². The molecule has 7 nitrogen and oxygen atoms in total. The Bertz CT molecular complexity index is 485. The van der Waals surface area contributed by atoms with Gasteiger partial charge >= 0.3 is 0 Å². The van der Waals surface area contributed by atoms with Gasteiger partial charge in [-0.05, 0) is 12.1 Å². The van der Waals surface area contributed by atoms with Crippen molar-refractivity contribution in [2.75, 3.05) is 36.8 Å². The number of furan rings is 1. The van der Waals surface area contributed by atoms with Crippen LogP contribution in [0.2, 0.25) is 0 Å². The Kier molecular flexibility index (Phi) is 2.89. The van der Waals surface area contributed by atoms with Crippen molar-refractivity contribution in [3.8, 4) is 0 Å². The van der Waals surface area contributed by atoms with Crippen LogP contribution in [0.25, 0.3) is 0 Å². The van der Waals surface area contributed by atoms with Gasteiger partial charge in [-0.1, -0.05) is 0 Å². The molecular formula is C11H16N6O. The van der Waals surface area contributed by atoms with Crippen molar-refractivity contribution < 1.29 is 4.42 Å². The number of anilines is 2. The Labute approximate surface area is 105 Å².